The van der Waals surface area contributed by atoms with Crippen molar-refractivity contribution in [2.75, 3.05) is 18.5 Å². The molecule has 1 aliphatic heterocycles. The van der Waals surface area contributed by atoms with Crippen LogP contribution in [0.1, 0.15) is 54.3 Å². The van der Waals surface area contributed by atoms with Crippen molar-refractivity contribution in [3.05, 3.63) is 306 Å². The Morgan fingerprint density at radius 3 is 1.74 bits per heavy atom. The number of H-pyrrole nitrogens is 1. The Hall–Kier alpha value is -16.1. The van der Waals surface area contributed by atoms with E-state index >= 15 is 0 Å². The third-order valence-electron chi connectivity index (χ3n) is 21.7. The zero-order chi connectivity index (χ0) is 81.2. The summed E-state index contributed by atoms with van der Waals surface area (Å²) in [6, 6.07) is 62.7. The monoisotopic (exact) mass is 1560 g/mol. The van der Waals surface area contributed by atoms with Crippen molar-refractivity contribution in [1.82, 2.24) is 48.1 Å². The number of aromatic nitrogens is 10. The number of benzene rings is 11. The number of fused-ring (bicyclic) bond motifs is 8. The number of aryl methyl sites for hydroxylation is 3. The number of unbranched alkanes of at least 4 members (excludes halogenated alkanes) is 1. The van der Waals surface area contributed by atoms with Crippen molar-refractivity contribution >= 4 is 128 Å². The molecule has 0 spiro atoms. The van der Waals surface area contributed by atoms with Gasteiger partial charge in [0.1, 0.15) is 57.4 Å². The Morgan fingerprint density at radius 1 is 0.585 bits per heavy atom. The molecule has 8 heterocycles. The molecule has 576 valence electrons. The van der Waals surface area contributed by atoms with Gasteiger partial charge in [0.25, 0.3) is 16.8 Å². The quantitative estimate of drug-likeness (QED) is 0.0297. The second kappa shape index (κ2) is 28.2. The fourth-order valence-electron chi connectivity index (χ4n) is 16.0. The van der Waals surface area contributed by atoms with Crippen LogP contribution in [-0.4, -0.2) is 98.0 Å². The first kappa shape index (κ1) is 72.2. The number of nitro groups is 1. The molecule has 7 aromatic heterocycles. The number of hydrogen-bond donors (Lipinski definition) is 6. The number of non-ortho nitro benzene ring substituents is 1. The zero-order valence-electron chi connectivity index (χ0n) is 63.6. The van der Waals surface area contributed by atoms with E-state index in [1.54, 1.807) is 76.1 Å². The van der Waals surface area contributed by atoms with Crippen molar-refractivity contribution in [3.63, 3.8) is 0 Å². The van der Waals surface area contributed by atoms with Gasteiger partial charge in [0, 0.05) is 122 Å². The number of aromatic amines is 1. The highest BCUT2D eigenvalue weighted by Gasteiger charge is 2.36. The minimum absolute atomic E-state index is 0.0663. The molecule has 0 bridgehead atoms. The second-order valence-electron chi connectivity index (χ2n) is 29.2. The van der Waals surface area contributed by atoms with Gasteiger partial charge in [0.2, 0.25) is 0 Å². The fourth-order valence-corrected chi connectivity index (χ4v) is 16.0. The predicted molar refractivity (Wildman–Crippen MR) is 452 cm³/mol. The van der Waals surface area contributed by atoms with Gasteiger partial charge < -0.3 is 40.5 Å². The SMILES string of the molecule is CCCCN(C)c1cc(O)c(C2=C([O-])C(C3=C(c4ccccc4)N=C(n4nc(C)cc4C)C3)=C2O)c(O)c1.Cc1ccc2c(c1)nc1c3cccc4c(O)c(N=Nc5ccc(-c6ncc(-c7cnc(-c8ccc(N=Nc9cc%10c(=O)n%11c%12ccc([N+](=O)[O-])cc%12nc%11c%11cccc(c9O)c%10%11)cc8)n7-c7ccccc7)[nH]6)cc5)cc(c(=O)n21)c43. The Labute approximate surface area is 667 Å². The lowest BCUT2D eigenvalue weighted by atomic mass is 9.81. The van der Waals surface area contributed by atoms with Crippen molar-refractivity contribution in [3.8, 4) is 62.8 Å². The number of hydrogen-bond acceptors (Lipinski definition) is 21. The molecule has 1 aliphatic carbocycles. The van der Waals surface area contributed by atoms with Gasteiger partial charge in [0.15, 0.2) is 11.5 Å². The minimum atomic E-state index is -0.511. The number of aliphatic hydroxyl groups is 1. The maximum absolute atomic E-state index is 14.2. The first-order valence-corrected chi connectivity index (χ1v) is 37.8. The van der Waals surface area contributed by atoms with Crippen molar-refractivity contribution in [2.45, 2.75) is 47.0 Å². The number of para-hydroxylation sites is 1. The standard InChI is InChI=1S/C61H35N13O6.C30H32N4O4/c1-31-13-23-49-44(25-31)65-58-40-11-5-9-38-52(40)42(60(77)72(49)58)27-46(54(38)75)69-67-34-18-14-32(15-19-34)56-62-29-48(64-56)51-30-63-57(71(51)36-7-3-2-4-8-36)33-16-20-35(21-17-33)68-70-47-28-43-53-39(55(47)76)10-6-12-41(53)59-66-45-26-37(74(79)80)22-24-50(45)73(59)61(43)78;1-5-6-12-33(4)20-14-22(35)26(23(36)15-20)27-29(37)25(30(27)38)21-16-24(34-18(3)13-17(2)32-34)31-28(21)19-10-8-7-9-11-19/h2-30,75-76H,1H3,(H,62,64);7-11,13-15,35-38H,5-6,12,16H2,1-4H3/p-1. The lowest BCUT2D eigenvalue weighted by Crippen LogP contribution is -2.24. The molecule has 0 amide bonds. The molecule has 6 N–H and O–H groups in total. The van der Waals surface area contributed by atoms with Crippen LogP contribution in [0.2, 0.25) is 0 Å². The summed E-state index contributed by atoms with van der Waals surface area (Å²) in [5.41, 5.74) is 12.6. The van der Waals surface area contributed by atoms with Crippen LogP contribution in [0.5, 0.6) is 23.0 Å². The van der Waals surface area contributed by atoms with E-state index in [4.69, 9.17) is 19.9 Å². The average Bonchev–Trinajstić information content (AvgIpc) is 1.44. The summed E-state index contributed by atoms with van der Waals surface area (Å²) in [4.78, 5) is 68.6. The van der Waals surface area contributed by atoms with Crippen molar-refractivity contribution in [2.24, 2.45) is 25.4 Å². The first-order valence-electron chi connectivity index (χ1n) is 37.8. The number of pyridine rings is 2. The normalized spacial score (nSPS) is 13.2. The van der Waals surface area contributed by atoms with Gasteiger partial charge in [-0.15, -0.1) is 10.2 Å². The Bertz CT molecular complexity index is 7560. The molecule has 27 heteroatoms. The van der Waals surface area contributed by atoms with Crippen LogP contribution in [-0.2, 0) is 0 Å². The zero-order valence-corrected chi connectivity index (χ0v) is 63.6. The summed E-state index contributed by atoms with van der Waals surface area (Å²) in [7, 11) is 1.87. The smallest absolute Gasteiger partial charge is 0.271 e. The number of allylic oxidation sites excluding steroid dienone is 2. The van der Waals surface area contributed by atoms with Crippen LogP contribution in [0.4, 0.5) is 34.1 Å². The Morgan fingerprint density at radius 2 is 1.16 bits per heavy atom. The molecule has 0 unspecified atom stereocenters. The van der Waals surface area contributed by atoms with Gasteiger partial charge in [-0.1, -0.05) is 110 Å². The first-order chi connectivity index (χ1) is 57.2. The molecule has 0 radical (unpaired) electrons. The number of nitrogens with one attached hydrogen (secondary N) is 1. The van der Waals surface area contributed by atoms with E-state index in [9.17, 15) is 50.3 Å². The number of rotatable bonds is 16. The number of azo groups is 2. The van der Waals surface area contributed by atoms with Gasteiger partial charge in [-0.25, -0.2) is 29.6 Å². The molecular formula is C91H66N17O10-. The highest BCUT2D eigenvalue weighted by atomic mass is 16.6. The Balaban J connectivity index is 0.000000204. The van der Waals surface area contributed by atoms with E-state index in [2.05, 4.69) is 42.4 Å². The van der Waals surface area contributed by atoms with Crippen LogP contribution < -0.4 is 21.1 Å². The van der Waals surface area contributed by atoms with Gasteiger partial charge in [-0.05, 0) is 135 Å². The van der Waals surface area contributed by atoms with Gasteiger partial charge in [-0.3, -0.25) is 33.1 Å². The molecule has 27 nitrogen and oxygen atoms in total. The maximum Gasteiger partial charge on any atom is 0.271 e. The fraction of sp³-hybridized carbons (Fsp3) is 0.0989. The molecule has 2 aliphatic rings. The molecule has 11 aromatic carbocycles. The average molecular weight is 1560 g/mol. The Kier molecular flexibility index (Phi) is 17.3. The number of nitro benzene ring substituents is 1. The number of imidazole rings is 4. The van der Waals surface area contributed by atoms with Crippen LogP contribution in [0.25, 0.3) is 128 Å². The van der Waals surface area contributed by atoms with Gasteiger partial charge in [-0.2, -0.15) is 15.3 Å². The van der Waals surface area contributed by atoms with E-state index in [0.29, 0.717) is 124 Å². The van der Waals surface area contributed by atoms with E-state index in [-0.39, 0.29) is 73.5 Å². The largest absolute Gasteiger partial charge is 0.871 e. The topological polar surface area (TPSA) is 365 Å². The minimum Gasteiger partial charge on any atom is -0.871 e. The van der Waals surface area contributed by atoms with Crippen molar-refractivity contribution < 1.29 is 35.6 Å². The number of nitrogens with zero attached hydrogens (tertiary/aromatic N) is 16. The number of aromatic hydroxyl groups is 4. The highest BCUT2D eigenvalue weighted by Crippen LogP contribution is 2.52. The third kappa shape index (κ3) is 12.0. The second-order valence-corrected chi connectivity index (χ2v) is 29.2. The summed E-state index contributed by atoms with van der Waals surface area (Å²) in [6.07, 6.45) is 5.80. The number of aliphatic imine (C=N–C) groups is 1. The van der Waals surface area contributed by atoms with E-state index in [0.717, 1.165) is 69.8 Å². The highest BCUT2D eigenvalue weighted by molar-refractivity contribution is 6.20. The van der Waals surface area contributed by atoms with Gasteiger partial charge in [0.05, 0.1) is 89.9 Å². The molecule has 0 fully saturated rings. The summed E-state index contributed by atoms with van der Waals surface area (Å²) >= 11 is 0. The molecule has 0 atom stereocenters. The summed E-state index contributed by atoms with van der Waals surface area (Å²) in [5, 5.41) is 107. The van der Waals surface area contributed by atoms with Crippen LogP contribution in [0.15, 0.2) is 282 Å². The van der Waals surface area contributed by atoms with E-state index in [1.165, 1.54) is 40.8 Å². The molecule has 0 saturated heterocycles. The van der Waals surface area contributed by atoms with Crippen LogP contribution in [0, 0.1) is 30.9 Å². The molecule has 20 rings (SSSR count). The lowest BCUT2D eigenvalue weighted by Gasteiger charge is -2.34. The number of phenolic OH excluding ortho intramolecular Hbond substituents is 4. The summed E-state index contributed by atoms with van der Waals surface area (Å²) in [5.74, 6) is 0.395. The molecule has 118 heavy (non-hydrogen) atoms. The lowest BCUT2D eigenvalue weighted by molar-refractivity contribution is -0.384. The third-order valence-corrected chi connectivity index (χ3v) is 21.7. The molecule has 0 saturated carbocycles. The van der Waals surface area contributed by atoms with Crippen LogP contribution in [0.3, 0.4) is 0 Å². The number of aliphatic hydroxyl groups excluding tert-OH is 1. The number of anilines is 1. The van der Waals surface area contributed by atoms with Crippen molar-refractivity contribution in [1.29, 1.82) is 0 Å². The maximum atomic E-state index is 14.2. The summed E-state index contributed by atoms with van der Waals surface area (Å²) < 4.78 is 6.82. The van der Waals surface area contributed by atoms with Crippen LogP contribution >= 0.6 is 0 Å². The van der Waals surface area contributed by atoms with E-state index < -0.39 is 16.2 Å². The molecular weight excluding hydrogens is 1490 g/mol. The number of phenols is 4. The summed E-state index contributed by atoms with van der Waals surface area (Å²) in [6.45, 7) is 8.67. The predicted octanol–water partition coefficient (Wildman–Crippen LogP) is 18.7. The van der Waals surface area contributed by atoms with E-state index in [1.807, 2.05) is 159 Å². The van der Waals surface area contributed by atoms with Gasteiger partial charge >= 0.3 is 0 Å². The molecule has 18 aromatic rings.